The molecule has 2 heterocycles. The van der Waals surface area contributed by atoms with E-state index in [1.165, 1.54) is 12.1 Å². The molecule has 0 aliphatic carbocycles. The van der Waals surface area contributed by atoms with Crippen LogP contribution in [0, 0.1) is 19.7 Å². The smallest absolute Gasteiger partial charge is 0.637 e. The van der Waals surface area contributed by atoms with Gasteiger partial charge in [0.1, 0.15) is 5.82 Å². The fraction of sp³-hybridized carbons (Fsp3) is 0.318. The predicted molar refractivity (Wildman–Crippen MR) is 102 cm³/mol. The molecule has 0 unspecified atom stereocenters. The molecular weight excluding hydrogens is 384 g/mol. The van der Waals surface area contributed by atoms with Gasteiger partial charge in [0.2, 0.25) is 0 Å². The third-order valence-electron chi connectivity index (χ3n) is 5.61. The zero-order chi connectivity index (χ0) is 19.2. The molecule has 0 bridgehead atoms. The van der Waals surface area contributed by atoms with Crippen LogP contribution in [0.5, 0.6) is 0 Å². The van der Waals surface area contributed by atoms with Gasteiger partial charge in [-0.1, -0.05) is 24.3 Å². The molecule has 0 aromatic heterocycles. The number of aryl methyl sites for hydroxylation is 1. The van der Waals surface area contributed by atoms with Crippen molar-refractivity contribution in [2.75, 3.05) is 13.2 Å². The first kappa shape index (κ1) is 21.7. The topological polar surface area (TPSA) is 60.6 Å². The number of carbonyl (C=O) groups excluding carboxylic acids is 1. The minimum absolute atomic E-state index is 0. The first-order valence-corrected chi connectivity index (χ1v) is 9.08. The molecule has 2 aliphatic heterocycles. The minimum atomic E-state index is -0.852. The number of ether oxygens (including phenoxy) is 1. The Kier molecular flexibility index (Phi) is 6.49. The molecule has 2 aromatic rings. The van der Waals surface area contributed by atoms with E-state index in [2.05, 4.69) is 5.32 Å². The zero-order valence-electron chi connectivity index (χ0n) is 16.4. The van der Waals surface area contributed by atoms with Crippen LogP contribution in [0.4, 0.5) is 4.39 Å². The van der Waals surface area contributed by atoms with Gasteiger partial charge in [0, 0.05) is 18.8 Å². The summed E-state index contributed by atoms with van der Waals surface area (Å²) >= 11 is 0. The maximum absolute atomic E-state index is 13.3. The van der Waals surface area contributed by atoms with Gasteiger partial charge in [-0.05, 0) is 72.2 Å². The van der Waals surface area contributed by atoms with Gasteiger partial charge in [-0.15, -0.1) is 0 Å². The summed E-state index contributed by atoms with van der Waals surface area (Å²) in [5.41, 5.74) is 3.68. The number of aliphatic hydroxyl groups is 1. The van der Waals surface area contributed by atoms with E-state index in [0.29, 0.717) is 31.6 Å². The van der Waals surface area contributed by atoms with Gasteiger partial charge >= 0.3 is 51.4 Å². The monoisotopic (exact) mass is 405 g/mol. The zero-order valence-corrected chi connectivity index (χ0v) is 19.5. The minimum Gasteiger partial charge on any atom is -0.637 e. The number of aliphatic hydroxyl groups excluding tert-OH is 1. The summed E-state index contributed by atoms with van der Waals surface area (Å²) in [5.74, 6) is -0.620. The van der Waals surface area contributed by atoms with E-state index in [-0.39, 0.29) is 74.4 Å². The Morgan fingerprint density at radius 2 is 1.71 bits per heavy atom. The Labute approximate surface area is 206 Å². The molecule has 1 fully saturated rings. The molecule has 1 N–H and O–H groups in total. The van der Waals surface area contributed by atoms with E-state index < -0.39 is 5.54 Å². The fourth-order valence-corrected chi connectivity index (χ4v) is 4.09. The molecule has 140 valence electrons. The largest absolute Gasteiger partial charge is 1.00 e. The van der Waals surface area contributed by atoms with Crippen molar-refractivity contribution in [3.8, 4) is 11.1 Å². The number of rotatable bonds is 2. The summed E-state index contributed by atoms with van der Waals surface area (Å²) in [7, 11) is 0. The first-order chi connectivity index (χ1) is 12.9. The average Bonchev–Trinajstić information content (AvgIpc) is 2.88. The molecule has 2 aromatic carbocycles. The van der Waals surface area contributed by atoms with Crippen molar-refractivity contribution in [3.63, 3.8) is 0 Å². The van der Waals surface area contributed by atoms with Gasteiger partial charge in [-0.3, -0.25) is 0 Å². The molecular formula is C22H21FKNO3. The summed E-state index contributed by atoms with van der Waals surface area (Å²) in [4.78, 5) is 12.8. The van der Waals surface area contributed by atoms with E-state index in [1.807, 2.05) is 26.0 Å². The summed E-state index contributed by atoms with van der Waals surface area (Å²) < 4.78 is 18.7. The normalized spacial score (nSPS) is 18.2. The molecule has 4 rings (SSSR count). The van der Waals surface area contributed by atoms with Crippen LogP contribution >= 0.6 is 0 Å². The molecule has 1 spiro atoms. The number of halogens is 1. The van der Waals surface area contributed by atoms with Gasteiger partial charge in [-0.2, -0.15) is 0 Å². The number of nitrogens with zero attached hydrogens (tertiary/aromatic N) is 1. The van der Waals surface area contributed by atoms with Crippen molar-refractivity contribution in [1.29, 1.82) is 0 Å². The van der Waals surface area contributed by atoms with Gasteiger partial charge < -0.3 is 20.0 Å². The molecule has 2 aliphatic rings. The predicted octanol–water partition coefficient (Wildman–Crippen LogP) is 1.85. The van der Waals surface area contributed by atoms with Crippen molar-refractivity contribution in [2.45, 2.75) is 32.2 Å². The number of carbonyl (C=O) groups is 1. The van der Waals surface area contributed by atoms with Gasteiger partial charge in [0.25, 0.3) is 0 Å². The molecule has 0 saturated carbocycles. The van der Waals surface area contributed by atoms with Crippen molar-refractivity contribution < 1.29 is 70.4 Å². The van der Waals surface area contributed by atoms with Crippen LogP contribution in [0.2, 0.25) is 0 Å². The van der Waals surface area contributed by atoms with Crippen LogP contribution in [-0.2, 0) is 9.53 Å². The molecule has 1 amide bonds. The molecule has 1 saturated heterocycles. The average molecular weight is 406 g/mol. The van der Waals surface area contributed by atoms with Crippen molar-refractivity contribution in [1.82, 2.24) is 0 Å². The van der Waals surface area contributed by atoms with Crippen LogP contribution < -0.4 is 51.4 Å². The number of amides is 1. The Bertz CT molecular complexity index is 947. The molecule has 6 heteroatoms. The second-order valence-corrected chi connectivity index (χ2v) is 7.22. The van der Waals surface area contributed by atoms with Gasteiger partial charge in [0.05, 0.1) is 11.7 Å². The van der Waals surface area contributed by atoms with E-state index in [9.17, 15) is 14.3 Å². The summed E-state index contributed by atoms with van der Waals surface area (Å²) in [6.45, 7) is 4.78. The Morgan fingerprint density at radius 1 is 1.07 bits per heavy atom. The molecule has 28 heavy (non-hydrogen) atoms. The first-order valence-electron chi connectivity index (χ1n) is 9.08. The number of hydrogen-bond acceptors (Lipinski definition) is 3. The summed E-state index contributed by atoms with van der Waals surface area (Å²) in [6.07, 6.45) is 1.01. The number of hydrogen-bond donors (Lipinski definition) is 1. The fourth-order valence-electron chi connectivity index (χ4n) is 4.09. The van der Waals surface area contributed by atoms with Crippen molar-refractivity contribution in [2.24, 2.45) is 0 Å². The SMILES string of the molecule is Cc1ccc(-c2ccc(F)cc2)c(C)c1C1=C(O)C2(CCOCC2)[N-]C1=O.[K+]. The molecule has 0 radical (unpaired) electrons. The number of benzene rings is 2. The quantitative estimate of drug-likeness (QED) is 0.776. The van der Waals surface area contributed by atoms with E-state index in [0.717, 1.165) is 22.3 Å². The molecule has 4 nitrogen and oxygen atoms in total. The van der Waals surface area contributed by atoms with Crippen molar-refractivity contribution in [3.05, 3.63) is 70.0 Å². The Morgan fingerprint density at radius 3 is 2.36 bits per heavy atom. The van der Waals surface area contributed by atoms with Crippen LogP contribution in [-0.4, -0.2) is 29.8 Å². The standard InChI is InChI=1S/C22H22FNO3.K/c1-13-3-8-17(15-4-6-16(23)7-5-15)14(2)18(13)19-20(25)22(24-21(19)26)9-11-27-12-10-22;/h3-8H,9-12H2,1-2H3,(H2,24,25,26);/q;+1/p-1. The Balaban J connectivity index is 0.00000225. The maximum Gasteiger partial charge on any atom is 1.00 e. The van der Waals surface area contributed by atoms with Crippen LogP contribution in [0.3, 0.4) is 0 Å². The Hall–Kier alpha value is -1.02. The second-order valence-electron chi connectivity index (χ2n) is 7.22. The van der Waals surface area contributed by atoms with Gasteiger partial charge in [0.15, 0.2) is 0 Å². The third kappa shape index (κ3) is 3.62. The van der Waals surface area contributed by atoms with E-state index >= 15 is 0 Å². The maximum atomic E-state index is 13.3. The van der Waals surface area contributed by atoms with Crippen LogP contribution in [0.1, 0.15) is 29.5 Å². The third-order valence-corrected chi connectivity index (χ3v) is 5.61. The summed E-state index contributed by atoms with van der Waals surface area (Å²) in [5, 5.41) is 15.3. The van der Waals surface area contributed by atoms with Crippen molar-refractivity contribution >= 4 is 11.5 Å². The van der Waals surface area contributed by atoms with Gasteiger partial charge in [-0.25, -0.2) is 4.39 Å². The molecule has 0 atom stereocenters. The summed E-state index contributed by atoms with van der Waals surface area (Å²) in [6, 6.07) is 10.1. The second kappa shape index (κ2) is 8.38. The van der Waals surface area contributed by atoms with Crippen LogP contribution in [0.25, 0.3) is 22.0 Å². The van der Waals surface area contributed by atoms with E-state index in [4.69, 9.17) is 4.74 Å². The van der Waals surface area contributed by atoms with E-state index in [1.54, 1.807) is 12.1 Å². The van der Waals surface area contributed by atoms with Crippen LogP contribution in [0.15, 0.2) is 42.2 Å².